The molecule has 28 heavy (non-hydrogen) atoms. The summed E-state index contributed by atoms with van der Waals surface area (Å²) in [7, 11) is 0. The minimum absolute atomic E-state index is 0.0641. The number of aromatic nitrogens is 4. The number of hydrogen-bond donors (Lipinski definition) is 0. The molecule has 4 rings (SSSR count). The highest BCUT2D eigenvalue weighted by atomic mass is 16.2. The number of carbonyl (C=O) groups excluding carboxylic acids is 1. The molecule has 2 aromatic rings. The van der Waals surface area contributed by atoms with Gasteiger partial charge in [0.1, 0.15) is 12.1 Å². The normalized spacial score (nSPS) is 21.2. The van der Waals surface area contributed by atoms with E-state index in [-0.39, 0.29) is 5.92 Å². The molecule has 0 aromatic carbocycles. The van der Waals surface area contributed by atoms with Crippen LogP contribution in [0, 0.1) is 25.7 Å². The van der Waals surface area contributed by atoms with Crippen LogP contribution in [0.25, 0.3) is 5.82 Å². The van der Waals surface area contributed by atoms with Crippen molar-refractivity contribution in [1.82, 2.24) is 24.6 Å². The molecule has 2 aromatic heterocycles. The van der Waals surface area contributed by atoms with Gasteiger partial charge in [-0.05, 0) is 51.5 Å². The SMILES string of the molecule is Cc1cc(C)n(-c2cc(N3CCCC(C(=O)N4CCC(C)CC4)C3)ncn2)n1. The molecule has 0 saturated carbocycles. The highest BCUT2D eigenvalue weighted by molar-refractivity contribution is 5.79. The Bertz CT molecular complexity index is 839. The van der Waals surface area contributed by atoms with Gasteiger partial charge in [-0.15, -0.1) is 0 Å². The van der Waals surface area contributed by atoms with Crippen LogP contribution in [0.1, 0.15) is 44.0 Å². The van der Waals surface area contributed by atoms with Crippen molar-refractivity contribution in [3.05, 3.63) is 29.8 Å². The van der Waals surface area contributed by atoms with Crippen molar-refractivity contribution in [3.63, 3.8) is 0 Å². The van der Waals surface area contributed by atoms with Gasteiger partial charge >= 0.3 is 0 Å². The van der Waals surface area contributed by atoms with E-state index in [1.807, 2.05) is 30.7 Å². The molecule has 7 nitrogen and oxygen atoms in total. The largest absolute Gasteiger partial charge is 0.356 e. The first-order valence-electron chi connectivity index (χ1n) is 10.4. The number of carbonyl (C=O) groups is 1. The molecule has 0 radical (unpaired) electrons. The van der Waals surface area contributed by atoms with Crippen LogP contribution < -0.4 is 4.90 Å². The van der Waals surface area contributed by atoms with E-state index in [0.29, 0.717) is 5.91 Å². The van der Waals surface area contributed by atoms with Crippen molar-refractivity contribution in [3.8, 4) is 5.82 Å². The number of piperidine rings is 2. The topological polar surface area (TPSA) is 67.2 Å². The van der Waals surface area contributed by atoms with Gasteiger partial charge in [-0.2, -0.15) is 5.10 Å². The number of amides is 1. The Morgan fingerprint density at radius 2 is 1.79 bits per heavy atom. The second-order valence-electron chi connectivity index (χ2n) is 8.37. The number of anilines is 1. The standard InChI is InChI=1S/C21H30N6O/c1-15-6-9-25(10-7-15)21(28)18-5-4-8-26(13-18)19-12-20(23-14-22-19)27-17(3)11-16(2)24-27/h11-12,14-15,18H,4-10,13H2,1-3H3. The number of aryl methyl sites for hydroxylation is 2. The molecule has 0 bridgehead atoms. The fraction of sp³-hybridized carbons (Fsp3) is 0.619. The summed E-state index contributed by atoms with van der Waals surface area (Å²) in [5.41, 5.74) is 2.02. The van der Waals surface area contributed by atoms with Crippen molar-refractivity contribution in [2.75, 3.05) is 31.1 Å². The second kappa shape index (κ2) is 7.89. The molecule has 2 aliphatic heterocycles. The van der Waals surface area contributed by atoms with Crippen LogP contribution in [-0.4, -0.2) is 56.7 Å². The molecule has 0 N–H and O–H groups in total. The molecule has 1 atom stereocenters. The summed E-state index contributed by atoms with van der Waals surface area (Å²) in [4.78, 5) is 26.2. The summed E-state index contributed by atoms with van der Waals surface area (Å²) in [6, 6.07) is 4.02. The Balaban J connectivity index is 1.48. The van der Waals surface area contributed by atoms with Gasteiger partial charge in [0, 0.05) is 37.9 Å². The molecule has 150 valence electrons. The van der Waals surface area contributed by atoms with Gasteiger partial charge < -0.3 is 9.80 Å². The number of nitrogens with zero attached hydrogens (tertiary/aromatic N) is 6. The Morgan fingerprint density at radius 1 is 1.04 bits per heavy atom. The minimum Gasteiger partial charge on any atom is -0.356 e. The zero-order valence-electron chi connectivity index (χ0n) is 17.1. The molecular formula is C21H30N6O. The highest BCUT2D eigenvalue weighted by Crippen LogP contribution is 2.26. The van der Waals surface area contributed by atoms with Crippen LogP contribution in [0.15, 0.2) is 18.5 Å². The third-order valence-electron chi connectivity index (χ3n) is 6.05. The van der Waals surface area contributed by atoms with Gasteiger partial charge in [0.05, 0.1) is 11.6 Å². The van der Waals surface area contributed by atoms with E-state index in [1.165, 1.54) is 0 Å². The number of likely N-dealkylation sites (tertiary alicyclic amines) is 1. The van der Waals surface area contributed by atoms with Gasteiger partial charge in [0.2, 0.25) is 5.91 Å². The van der Waals surface area contributed by atoms with Gasteiger partial charge in [-0.25, -0.2) is 14.6 Å². The molecule has 0 aliphatic carbocycles. The predicted octanol–water partition coefficient (Wildman–Crippen LogP) is 2.75. The van der Waals surface area contributed by atoms with Gasteiger partial charge in [0.25, 0.3) is 0 Å². The van der Waals surface area contributed by atoms with E-state index in [1.54, 1.807) is 6.33 Å². The van der Waals surface area contributed by atoms with E-state index in [2.05, 4.69) is 31.8 Å². The van der Waals surface area contributed by atoms with Crippen LogP contribution in [0.2, 0.25) is 0 Å². The third-order valence-corrected chi connectivity index (χ3v) is 6.05. The molecule has 1 amide bonds. The van der Waals surface area contributed by atoms with Gasteiger partial charge in [-0.3, -0.25) is 4.79 Å². The second-order valence-corrected chi connectivity index (χ2v) is 8.37. The monoisotopic (exact) mass is 382 g/mol. The van der Waals surface area contributed by atoms with E-state index in [4.69, 9.17) is 0 Å². The Kier molecular flexibility index (Phi) is 5.33. The maximum atomic E-state index is 13.0. The van der Waals surface area contributed by atoms with E-state index in [0.717, 1.165) is 80.8 Å². The van der Waals surface area contributed by atoms with E-state index < -0.39 is 0 Å². The molecule has 0 spiro atoms. The Morgan fingerprint density at radius 3 is 2.50 bits per heavy atom. The van der Waals surface area contributed by atoms with Crippen LogP contribution in [0.3, 0.4) is 0 Å². The molecule has 7 heteroatoms. The van der Waals surface area contributed by atoms with Crippen LogP contribution >= 0.6 is 0 Å². The van der Waals surface area contributed by atoms with E-state index >= 15 is 0 Å². The van der Waals surface area contributed by atoms with E-state index in [9.17, 15) is 4.79 Å². The Hall–Kier alpha value is -2.44. The first kappa shape index (κ1) is 18.9. The van der Waals surface area contributed by atoms with Crippen LogP contribution in [0.4, 0.5) is 5.82 Å². The molecule has 4 heterocycles. The smallest absolute Gasteiger partial charge is 0.227 e. The molecule has 2 aliphatic rings. The predicted molar refractivity (Wildman–Crippen MR) is 109 cm³/mol. The lowest BCUT2D eigenvalue weighted by Crippen LogP contribution is -2.47. The average molecular weight is 383 g/mol. The summed E-state index contributed by atoms with van der Waals surface area (Å²) in [6.45, 7) is 9.76. The summed E-state index contributed by atoms with van der Waals surface area (Å²) >= 11 is 0. The molecule has 2 fully saturated rings. The van der Waals surface area contributed by atoms with Crippen LogP contribution in [0.5, 0.6) is 0 Å². The zero-order valence-corrected chi connectivity index (χ0v) is 17.1. The highest BCUT2D eigenvalue weighted by Gasteiger charge is 2.31. The van der Waals surface area contributed by atoms with Gasteiger partial charge in [-0.1, -0.05) is 6.92 Å². The first-order valence-corrected chi connectivity index (χ1v) is 10.4. The number of hydrogen-bond acceptors (Lipinski definition) is 5. The van der Waals surface area contributed by atoms with Crippen molar-refractivity contribution in [1.29, 1.82) is 0 Å². The lowest BCUT2D eigenvalue weighted by atomic mass is 9.93. The molecular weight excluding hydrogens is 352 g/mol. The summed E-state index contributed by atoms with van der Waals surface area (Å²) in [6.07, 6.45) is 5.83. The van der Waals surface area contributed by atoms with Crippen molar-refractivity contribution >= 4 is 11.7 Å². The van der Waals surface area contributed by atoms with Crippen molar-refractivity contribution < 1.29 is 4.79 Å². The maximum absolute atomic E-state index is 13.0. The van der Waals surface area contributed by atoms with Crippen molar-refractivity contribution in [2.24, 2.45) is 11.8 Å². The van der Waals surface area contributed by atoms with Crippen molar-refractivity contribution in [2.45, 2.75) is 46.5 Å². The minimum atomic E-state index is 0.0641. The average Bonchev–Trinajstić information content (AvgIpc) is 3.06. The fourth-order valence-corrected chi connectivity index (χ4v) is 4.36. The zero-order chi connectivity index (χ0) is 19.7. The Labute approximate surface area is 166 Å². The summed E-state index contributed by atoms with van der Waals surface area (Å²) in [5, 5.41) is 4.52. The quantitative estimate of drug-likeness (QED) is 0.817. The lowest BCUT2D eigenvalue weighted by molar-refractivity contribution is -0.137. The number of rotatable bonds is 3. The van der Waals surface area contributed by atoms with Gasteiger partial charge in [0.15, 0.2) is 5.82 Å². The lowest BCUT2D eigenvalue weighted by Gasteiger charge is -2.37. The fourth-order valence-electron chi connectivity index (χ4n) is 4.36. The maximum Gasteiger partial charge on any atom is 0.227 e. The van der Waals surface area contributed by atoms with Crippen LogP contribution in [-0.2, 0) is 4.79 Å². The third kappa shape index (κ3) is 3.88. The first-order chi connectivity index (χ1) is 13.5. The summed E-state index contributed by atoms with van der Waals surface area (Å²) in [5.74, 6) is 2.77. The molecule has 1 unspecified atom stereocenters. The molecule has 2 saturated heterocycles. The summed E-state index contributed by atoms with van der Waals surface area (Å²) < 4.78 is 1.85.